The predicted molar refractivity (Wildman–Crippen MR) is 59.6 cm³/mol. The second-order valence-electron chi connectivity index (χ2n) is 4.31. The Morgan fingerprint density at radius 1 is 1.14 bits per heavy atom. The molecule has 1 aliphatic rings. The average molecular weight is 185 g/mol. The number of nitrogens with zero attached hydrogens (tertiary/aromatic N) is 1. The quantitative estimate of drug-likeness (QED) is 0.593. The van der Waals surface area contributed by atoms with E-state index in [1.165, 1.54) is 48.0 Å². The van der Waals surface area contributed by atoms with Crippen molar-refractivity contribution in [2.45, 2.75) is 32.7 Å². The third-order valence-electron chi connectivity index (χ3n) is 3.21. The number of aromatic nitrogens is 1. The van der Waals surface area contributed by atoms with E-state index < -0.39 is 0 Å². The van der Waals surface area contributed by atoms with Gasteiger partial charge in [-0.1, -0.05) is 12.1 Å². The Hall–Kier alpha value is -1.24. The van der Waals surface area contributed by atoms with Gasteiger partial charge in [0.15, 0.2) is 0 Å². The molecule has 1 nitrogen and oxygen atoms in total. The van der Waals surface area contributed by atoms with Gasteiger partial charge in [0.2, 0.25) is 0 Å². The fourth-order valence-electron chi connectivity index (χ4n) is 2.47. The van der Waals surface area contributed by atoms with Crippen molar-refractivity contribution >= 4 is 10.9 Å². The van der Waals surface area contributed by atoms with Gasteiger partial charge in [-0.05, 0) is 49.3 Å². The lowest BCUT2D eigenvalue weighted by Crippen LogP contribution is -2.08. The van der Waals surface area contributed by atoms with Crippen LogP contribution in [-0.4, -0.2) is 4.57 Å². The van der Waals surface area contributed by atoms with Crippen molar-refractivity contribution < 1.29 is 0 Å². The van der Waals surface area contributed by atoms with E-state index in [9.17, 15) is 0 Å². The molecule has 1 aliphatic heterocycles. The van der Waals surface area contributed by atoms with Crippen LogP contribution in [0.5, 0.6) is 0 Å². The first-order chi connectivity index (χ1) is 6.84. The summed E-state index contributed by atoms with van der Waals surface area (Å²) in [7, 11) is 0. The highest BCUT2D eigenvalue weighted by Crippen LogP contribution is 2.25. The Labute approximate surface area is 84.4 Å². The normalized spacial score (nSPS) is 15.8. The molecule has 72 valence electrons. The van der Waals surface area contributed by atoms with Gasteiger partial charge in [-0.3, -0.25) is 0 Å². The van der Waals surface area contributed by atoms with Crippen LogP contribution in [0.4, 0.5) is 0 Å². The zero-order valence-electron chi connectivity index (χ0n) is 8.59. The van der Waals surface area contributed by atoms with E-state index >= 15 is 0 Å². The van der Waals surface area contributed by atoms with Gasteiger partial charge >= 0.3 is 0 Å². The lowest BCUT2D eigenvalue weighted by Gasteiger charge is -2.15. The van der Waals surface area contributed by atoms with E-state index in [-0.39, 0.29) is 0 Å². The summed E-state index contributed by atoms with van der Waals surface area (Å²) in [4.78, 5) is 0. The van der Waals surface area contributed by atoms with E-state index in [1.54, 1.807) is 0 Å². The molecule has 0 saturated carbocycles. The molecule has 0 fully saturated rings. The Bertz CT molecular complexity index is 479. The predicted octanol–water partition coefficient (Wildman–Crippen LogP) is 3.29. The molecule has 3 rings (SSSR count). The van der Waals surface area contributed by atoms with Crippen LogP contribution in [-0.2, 0) is 13.0 Å². The molecule has 1 heteroatoms. The summed E-state index contributed by atoms with van der Waals surface area (Å²) >= 11 is 0. The van der Waals surface area contributed by atoms with Crippen LogP contribution in [0.15, 0.2) is 24.3 Å². The van der Waals surface area contributed by atoms with E-state index in [0.29, 0.717) is 0 Å². The van der Waals surface area contributed by atoms with E-state index in [1.807, 2.05) is 0 Å². The van der Waals surface area contributed by atoms with Gasteiger partial charge < -0.3 is 4.57 Å². The zero-order chi connectivity index (χ0) is 9.54. The summed E-state index contributed by atoms with van der Waals surface area (Å²) in [6, 6.07) is 9.11. The van der Waals surface area contributed by atoms with Crippen molar-refractivity contribution in [1.82, 2.24) is 4.57 Å². The molecule has 0 atom stereocenters. The maximum absolute atomic E-state index is 2.49. The molecule has 0 radical (unpaired) electrons. The monoisotopic (exact) mass is 185 g/mol. The summed E-state index contributed by atoms with van der Waals surface area (Å²) in [5.41, 5.74) is 4.32. The highest BCUT2D eigenvalue weighted by molar-refractivity contribution is 5.82. The number of aryl methyl sites for hydroxylation is 3. The minimum absolute atomic E-state index is 1.21. The molecule has 0 spiro atoms. The molecule has 1 aromatic heterocycles. The molecule has 0 unspecified atom stereocenters. The lowest BCUT2D eigenvalue weighted by molar-refractivity contribution is 0.545. The molecular weight excluding hydrogens is 170 g/mol. The van der Waals surface area contributed by atoms with Gasteiger partial charge in [0.05, 0.1) is 0 Å². The Morgan fingerprint density at radius 2 is 2.07 bits per heavy atom. The molecule has 0 N–H and O–H groups in total. The summed E-state index contributed by atoms with van der Waals surface area (Å²) < 4.78 is 2.49. The van der Waals surface area contributed by atoms with Crippen LogP contribution in [0.25, 0.3) is 10.9 Å². The van der Waals surface area contributed by atoms with Crippen LogP contribution < -0.4 is 0 Å². The SMILES string of the molecule is Cc1ccc2cc3n(c2c1)CCCC3. The number of hydrogen-bond donors (Lipinski definition) is 0. The van der Waals surface area contributed by atoms with Crippen LogP contribution >= 0.6 is 0 Å². The summed E-state index contributed by atoms with van der Waals surface area (Å²) in [5, 5.41) is 1.41. The summed E-state index contributed by atoms with van der Waals surface area (Å²) in [6.07, 6.45) is 3.95. The Kier molecular flexibility index (Phi) is 1.66. The zero-order valence-corrected chi connectivity index (χ0v) is 8.59. The van der Waals surface area contributed by atoms with Gasteiger partial charge in [-0.2, -0.15) is 0 Å². The molecule has 2 heterocycles. The van der Waals surface area contributed by atoms with Crippen molar-refractivity contribution in [2.24, 2.45) is 0 Å². The van der Waals surface area contributed by atoms with Gasteiger partial charge in [-0.15, -0.1) is 0 Å². The second kappa shape index (κ2) is 2.88. The molecule has 0 amide bonds. The third-order valence-corrected chi connectivity index (χ3v) is 3.21. The molecule has 1 aromatic carbocycles. The first kappa shape index (κ1) is 8.10. The van der Waals surface area contributed by atoms with E-state index in [4.69, 9.17) is 0 Å². The van der Waals surface area contributed by atoms with Crippen LogP contribution in [0, 0.1) is 6.92 Å². The van der Waals surface area contributed by atoms with E-state index in [0.717, 1.165) is 0 Å². The van der Waals surface area contributed by atoms with Crippen LogP contribution in [0.2, 0.25) is 0 Å². The molecular formula is C13H15N. The van der Waals surface area contributed by atoms with Gasteiger partial charge in [0, 0.05) is 17.8 Å². The second-order valence-corrected chi connectivity index (χ2v) is 4.31. The number of hydrogen-bond acceptors (Lipinski definition) is 0. The van der Waals surface area contributed by atoms with Crippen LogP contribution in [0.1, 0.15) is 24.1 Å². The largest absolute Gasteiger partial charge is 0.345 e. The fraction of sp³-hybridized carbons (Fsp3) is 0.385. The van der Waals surface area contributed by atoms with Gasteiger partial charge in [-0.25, -0.2) is 0 Å². The topological polar surface area (TPSA) is 4.93 Å². The molecule has 0 bridgehead atoms. The maximum Gasteiger partial charge on any atom is 0.0485 e. The molecule has 0 saturated heterocycles. The van der Waals surface area contributed by atoms with Crippen molar-refractivity contribution in [3.8, 4) is 0 Å². The minimum atomic E-state index is 1.21. The third kappa shape index (κ3) is 1.08. The van der Waals surface area contributed by atoms with E-state index in [2.05, 4.69) is 35.8 Å². The number of rotatable bonds is 0. The van der Waals surface area contributed by atoms with Crippen molar-refractivity contribution in [3.05, 3.63) is 35.5 Å². The standard InChI is InChI=1S/C13H15N/c1-10-5-6-11-9-12-4-2-3-7-14(12)13(11)8-10/h5-6,8-9H,2-4,7H2,1H3. The van der Waals surface area contributed by atoms with Gasteiger partial charge in [0.1, 0.15) is 0 Å². The number of benzene rings is 1. The van der Waals surface area contributed by atoms with Crippen molar-refractivity contribution in [2.75, 3.05) is 0 Å². The van der Waals surface area contributed by atoms with Crippen molar-refractivity contribution in [1.29, 1.82) is 0 Å². The smallest absolute Gasteiger partial charge is 0.0485 e. The van der Waals surface area contributed by atoms with Crippen molar-refractivity contribution in [3.63, 3.8) is 0 Å². The average Bonchev–Trinajstić information content (AvgIpc) is 2.56. The van der Waals surface area contributed by atoms with Crippen LogP contribution in [0.3, 0.4) is 0 Å². The molecule has 2 aromatic rings. The van der Waals surface area contributed by atoms with Gasteiger partial charge in [0.25, 0.3) is 0 Å². The molecule has 0 aliphatic carbocycles. The summed E-state index contributed by atoms with van der Waals surface area (Å²) in [5.74, 6) is 0. The Balaban J connectivity index is 2.32. The first-order valence-electron chi connectivity index (χ1n) is 5.43. The lowest BCUT2D eigenvalue weighted by atomic mass is 10.1. The fourth-order valence-corrected chi connectivity index (χ4v) is 2.47. The highest BCUT2D eigenvalue weighted by atomic mass is 15.0. The minimum Gasteiger partial charge on any atom is -0.345 e. The number of fused-ring (bicyclic) bond motifs is 3. The highest BCUT2D eigenvalue weighted by Gasteiger charge is 2.12. The Morgan fingerprint density at radius 3 is 3.00 bits per heavy atom. The summed E-state index contributed by atoms with van der Waals surface area (Å²) in [6.45, 7) is 3.38. The maximum atomic E-state index is 2.49. The molecule has 14 heavy (non-hydrogen) atoms. The first-order valence-corrected chi connectivity index (χ1v) is 5.43.